The molecule has 2 fully saturated rings. The lowest BCUT2D eigenvalue weighted by Crippen LogP contribution is -2.50. The van der Waals surface area contributed by atoms with Gasteiger partial charge in [-0.2, -0.15) is 0 Å². The Balaban J connectivity index is 1.36. The molecule has 2 aliphatic rings. The van der Waals surface area contributed by atoms with Crippen molar-refractivity contribution < 1.29 is 23.9 Å². The SMILES string of the molecule is CCOC(=O)C1CCCN(C(=O)CN(C)C(=O)C2CCCN(C(=O)c3cccc4ccccc34)C2)C1. The lowest BCUT2D eigenvalue weighted by atomic mass is 9.95. The Morgan fingerprint density at radius 3 is 2.36 bits per heavy atom. The number of benzene rings is 2. The lowest BCUT2D eigenvalue weighted by molar-refractivity contribution is -0.152. The Hall–Kier alpha value is -3.42. The minimum absolute atomic E-state index is 0.0395. The van der Waals surface area contributed by atoms with Gasteiger partial charge in [-0.3, -0.25) is 19.2 Å². The van der Waals surface area contributed by atoms with E-state index >= 15 is 0 Å². The van der Waals surface area contributed by atoms with E-state index in [-0.39, 0.29) is 42.1 Å². The molecule has 8 nitrogen and oxygen atoms in total. The zero-order valence-corrected chi connectivity index (χ0v) is 21.2. The fourth-order valence-corrected chi connectivity index (χ4v) is 5.29. The summed E-state index contributed by atoms with van der Waals surface area (Å²) in [4.78, 5) is 56.5. The molecule has 0 N–H and O–H groups in total. The standard InChI is InChI=1S/C28H35N3O5/c1-3-36-28(35)22-12-8-15-30(18-22)25(32)19-29(2)26(33)21-11-7-16-31(17-21)27(34)24-14-6-10-20-9-4-5-13-23(20)24/h4-6,9-10,13-14,21-22H,3,7-8,11-12,15-19H2,1-2H3. The predicted octanol–water partition coefficient (Wildman–Crippen LogP) is 2.95. The van der Waals surface area contributed by atoms with Crippen LogP contribution < -0.4 is 0 Å². The van der Waals surface area contributed by atoms with Gasteiger partial charge in [-0.05, 0) is 49.4 Å². The van der Waals surface area contributed by atoms with Crippen molar-refractivity contribution in [2.24, 2.45) is 11.8 Å². The summed E-state index contributed by atoms with van der Waals surface area (Å²) >= 11 is 0. The fourth-order valence-electron chi connectivity index (χ4n) is 5.29. The van der Waals surface area contributed by atoms with Gasteiger partial charge >= 0.3 is 5.97 Å². The van der Waals surface area contributed by atoms with E-state index in [4.69, 9.17) is 4.74 Å². The second kappa shape index (κ2) is 11.5. The zero-order chi connectivity index (χ0) is 25.7. The highest BCUT2D eigenvalue weighted by Crippen LogP contribution is 2.25. The quantitative estimate of drug-likeness (QED) is 0.578. The maximum Gasteiger partial charge on any atom is 0.310 e. The number of amides is 3. The second-order valence-electron chi connectivity index (χ2n) is 9.74. The van der Waals surface area contributed by atoms with Crippen LogP contribution in [0.15, 0.2) is 42.5 Å². The third kappa shape index (κ3) is 5.69. The van der Waals surface area contributed by atoms with Gasteiger partial charge in [0.2, 0.25) is 11.8 Å². The molecule has 2 aromatic rings. The molecule has 2 heterocycles. The van der Waals surface area contributed by atoms with Crippen LogP contribution >= 0.6 is 0 Å². The van der Waals surface area contributed by atoms with Crippen LogP contribution in [0.3, 0.4) is 0 Å². The van der Waals surface area contributed by atoms with Crippen LogP contribution in [0.1, 0.15) is 43.0 Å². The molecule has 4 rings (SSSR count). The first kappa shape index (κ1) is 25.7. The van der Waals surface area contributed by atoms with E-state index in [2.05, 4.69) is 0 Å². The van der Waals surface area contributed by atoms with Crippen molar-refractivity contribution in [1.82, 2.24) is 14.7 Å². The van der Waals surface area contributed by atoms with Crippen LogP contribution in [-0.2, 0) is 19.1 Å². The number of hydrogen-bond donors (Lipinski definition) is 0. The largest absolute Gasteiger partial charge is 0.466 e. The number of nitrogens with zero attached hydrogens (tertiary/aromatic N) is 3. The van der Waals surface area contributed by atoms with Gasteiger partial charge in [0.1, 0.15) is 0 Å². The van der Waals surface area contributed by atoms with Crippen molar-refractivity contribution >= 4 is 34.5 Å². The van der Waals surface area contributed by atoms with Gasteiger partial charge in [-0.15, -0.1) is 0 Å². The summed E-state index contributed by atoms with van der Waals surface area (Å²) in [5.74, 6) is -1.28. The van der Waals surface area contributed by atoms with Crippen LogP contribution in [0.25, 0.3) is 10.8 Å². The summed E-state index contributed by atoms with van der Waals surface area (Å²) in [6, 6.07) is 13.5. The van der Waals surface area contributed by atoms with Crippen molar-refractivity contribution in [3.8, 4) is 0 Å². The minimum atomic E-state index is -0.343. The molecule has 0 aliphatic carbocycles. The monoisotopic (exact) mass is 493 g/mol. The summed E-state index contributed by atoms with van der Waals surface area (Å²) < 4.78 is 5.12. The normalized spacial score (nSPS) is 20.2. The number of fused-ring (bicyclic) bond motifs is 1. The molecule has 192 valence electrons. The summed E-state index contributed by atoms with van der Waals surface area (Å²) in [7, 11) is 1.64. The number of likely N-dealkylation sites (N-methyl/N-ethyl adjacent to an activating group) is 1. The Morgan fingerprint density at radius 2 is 1.58 bits per heavy atom. The Bertz CT molecular complexity index is 1130. The van der Waals surface area contributed by atoms with E-state index in [0.29, 0.717) is 51.2 Å². The van der Waals surface area contributed by atoms with Gasteiger partial charge < -0.3 is 19.4 Å². The topological polar surface area (TPSA) is 87.2 Å². The molecule has 2 atom stereocenters. The van der Waals surface area contributed by atoms with Crippen molar-refractivity contribution in [2.45, 2.75) is 32.6 Å². The van der Waals surface area contributed by atoms with Crippen LogP contribution in [0.5, 0.6) is 0 Å². The maximum atomic E-state index is 13.4. The van der Waals surface area contributed by atoms with E-state index in [9.17, 15) is 19.2 Å². The van der Waals surface area contributed by atoms with Crippen LogP contribution in [0.2, 0.25) is 0 Å². The highest BCUT2D eigenvalue weighted by Gasteiger charge is 2.33. The highest BCUT2D eigenvalue weighted by atomic mass is 16.5. The molecule has 0 bridgehead atoms. The molecule has 36 heavy (non-hydrogen) atoms. The van der Waals surface area contributed by atoms with E-state index in [0.717, 1.165) is 23.6 Å². The average Bonchev–Trinajstić information content (AvgIpc) is 2.92. The summed E-state index contributed by atoms with van der Waals surface area (Å²) in [5, 5.41) is 1.91. The van der Waals surface area contributed by atoms with Gasteiger partial charge in [-0.1, -0.05) is 36.4 Å². The van der Waals surface area contributed by atoms with Crippen LogP contribution in [0.4, 0.5) is 0 Å². The third-order valence-electron chi connectivity index (χ3n) is 7.22. The molecule has 2 unspecified atom stereocenters. The number of piperidine rings is 2. The number of carbonyl (C=O) groups is 4. The number of likely N-dealkylation sites (tertiary alicyclic amines) is 2. The van der Waals surface area contributed by atoms with Crippen molar-refractivity contribution in [1.29, 1.82) is 0 Å². The molecule has 0 radical (unpaired) electrons. The van der Waals surface area contributed by atoms with Gasteiger partial charge in [0.25, 0.3) is 5.91 Å². The van der Waals surface area contributed by atoms with Crippen molar-refractivity contribution in [3.63, 3.8) is 0 Å². The van der Waals surface area contributed by atoms with E-state index in [1.165, 1.54) is 4.90 Å². The number of rotatable bonds is 6. The van der Waals surface area contributed by atoms with Crippen LogP contribution in [-0.4, -0.2) is 84.8 Å². The van der Waals surface area contributed by atoms with E-state index in [1.807, 2.05) is 42.5 Å². The van der Waals surface area contributed by atoms with Gasteiger partial charge in [0.15, 0.2) is 0 Å². The van der Waals surface area contributed by atoms with Gasteiger partial charge in [-0.25, -0.2) is 0 Å². The predicted molar refractivity (Wildman–Crippen MR) is 136 cm³/mol. The number of ether oxygens (including phenoxy) is 1. The lowest BCUT2D eigenvalue weighted by Gasteiger charge is -2.35. The maximum absolute atomic E-state index is 13.4. The first-order valence-electron chi connectivity index (χ1n) is 12.9. The molecule has 2 saturated heterocycles. The van der Waals surface area contributed by atoms with Gasteiger partial charge in [0, 0.05) is 38.8 Å². The fraction of sp³-hybridized carbons (Fsp3) is 0.500. The zero-order valence-electron chi connectivity index (χ0n) is 21.2. The first-order valence-corrected chi connectivity index (χ1v) is 12.9. The molecule has 8 heteroatoms. The van der Waals surface area contributed by atoms with Crippen LogP contribution in [0, 0.1) is 11.8 Å². The Kier molecular flexibility index (Phi) is 8.23. The highest BCUT2D eigenvalue weighted by molar-refractivity contribution is 6.07. The molecular formula is C28H35N3O5. The molecule has 2 aliphatic heterocycles. The smallest absolute Gasteiger partial charge is 0.310 e. The molecule has 0 saturated carbocycles. The molecular weight excluding hydrogens is 458 g/mol. The number of carbonyl (C=O) groups excluding carboxylic acids is 4. The number of esters is 1. The number of hydrogen-bond acceptors (Lipinski definition) is 5. The van der Waals surface area contributed by atoms with Gasteiger partial charge in [0.05, 0.1) is 25.0 Å². The van der Waals surface area contributed by atoms with E-state index < -0.39 is 0 Å². The summed E-state index contributed by atoms with van der Waals surface area (Å²) in [6.07, 6.45) is 2.87. The Morgan fingerprint density at radius 1 is 0.917 bits per heavy atom. The second-order valence-corrected chi connectivity index (χ2v) is 9.74. The minimum Gasteiger partial charge on any atom is -0.466 e. The first-order chi connectivity index (χ1) is 17.4. The van der Waals surface area contributed by atoms with E-state index in [1.54, 1.807) is 23.8 Å². The third-order valence-corrected chi connectivity index (χ3v) is 7.22. The Labute approximate surface area is 212 Å². The molecule has 0 aromatic heterocycles. The summed E-state index contributed by atoms with van der Waals surface area (Å²) in [6.45, 7) is 3.91. The van der Waals surface area contributed by atoms with Crippen molar-refractivity contribution in [2.75, 3.05) is 46.4 Å². The summed E-state index contributed by atoms with van der Waals surface area (Å²) in [5.41, 5.74) is 0.644. The van der Waals surface area contributed by atoms with Crippen molar-refractivity contribution in [3.05, 3.63) is 48.0 Å². The molecule has 0 spiro atoms. The average molecular weight is 494 g/mol. The molecule has 2 aromatic carbocycles. The molecule has 3 amide bonds.